The van der Waals surface area contributed by atoms with Crippen LogP contribution in [0.25, 0.3) is 0 Å². The molecule has 0 saturated carbocycles. The molecule has 0 aliphatic rings. The highest BCUT2D eigenvalue weighted by atomic mass is 79.9. The van der Waals surface area contributed by atoms with Gasteiger partial charge >= 0.3 is 0 Å². The molecule has 2 aromatic carbocycles. The van der Waals surface area contributed by atoms with Gasteiger partial charge < -0.3 is 16.4 Å². The van der Waals surface area contributed by atoms with Gasteiger partial charge in [0.25, 0.3) is 5.91 Å². The molecular weight excluding hydrogens is 412 g/mol. The van der Waals surface area contributed by atoms with Crippen molar-refractivity contribution in [2.45, 2.75) is 13.5 Å². The van der Waals surface area contributed by atoms with Gasteiger partial charge in [-0.15, -0.1) is 5.10 Å². The van der Waals surface area contributed by atoms with E-state index >= 15 is 0 Å². The van der Waals surface area contributed by atoms with Crippen molar-refractivity contribution >= 4 is 44.9 Å². The van der Waals surface area contributed by atoms with Crippen LogP contribution in [0.15, 0.2) is 53.0 Å². The molecule has 27 heavy (non-hydrogen) atoms. The number of nitrogens with zero attached hydrogens (tertiary/aromatic N) is 3. The molecule has 3 rings (SSSR count). The number of aryl methyl sites for hydroxylation is 1. The summed E-state index contributed by atoms with van der Waals surface area (Å²) in [5.41, 5.74) is 8.19. The van der Waals surface area contributed by atoms with Gasteiger partial charge in [0.2, 0.25) is 5.91 Å². The first-order valence-corrected chi connectivity index (χ1v) is 8.84. The number of benzene rings is 2. The second-order valence-electron chi connectivity index (χ2n) is 5.86. The van der Waals surface area contributed by atoms with Gasteiger partial charge in [0, 0.05) is 15.8 Å². The van der Waals surface area contributed by atoms with Gasteiger partial charge in [-0.3, -0.25) is 9.59 Å². The molecule has 0 fully saturated rings. The Morgan fingerprint density at radius 1 is 1.11 bits per heavy atom. The highest BCUT2D eigenvalue weighted by molar-refractivity contribution is 9.10. The van der Waals surface area contributed by atoms with E-state index in [0.717, 1.165) is 10.0 Å². The van der Waals surface area contributed by atoms with E-state index in [2.05, 4.69) is 36.9 Å². The van der Waals surface area contributed by atoms with Crippen LogP contribution in [0.5, 0.6) is 0 Å². The third-order valence-corrected chi connectivity index (χ3v) is 4.21. The van der Waals surface area contributed by atoms with Crippen molar-refractivity contribution in [1.29, 1.82) is 0 Å². The van der Waals surface area contributed by atoms with Crippen molar-refractivity contribution < 1.29 is 9.59 Å². The van der Waals surface area contributed by atoms with Crippen LogP contribution in [-0.4, -0.2) is 26.8 Å². The molecule has 0 bridgehead atoms. The number of rotatable bonds is 5. The number of aromatic nitrogens is 3. The molecule has 9 heteroatoms. The quantitative estimate of drug-likeness (QED) is 0.577. The number of nitrogens with one attached hydrogen (secondary N) is 2. The molecule has 1 heterocycles. The molecule has 2 amide bonds. The van der Waals surface area contributed by atoms with E-state index in [0.29, 0.717) is 11.4 Å². The first kappa shape index (κ1) is 18.6. The lowest BCUT2D eigenvalue weighted by atomic mass is 10.2. The normalized spacial score (nSPS) is 10.4. The predicted octanol–water partition coefficient (Wildman–Crippen LogP) is 2.82. The van der Waals surface area contributed by atoms with Gasteiger partial charge in [-0.1, -0.05) is 33.3 Å². The fourth-order valence-corrected chi connectivity index (χ4v) is 2.65. The average molecular weight is 429 g/mol. The van der Waals surface area contributed by atoms with Crippen molar-refractivity contribution in [3.8, 4) is 0 Å². The number of amides is 2. The zero-order valence-electron chi connectivity index (χ0n) is 14.4. The van der Waals surface area contributed by atoms with Crippen LogP contribution in [0.4, 0.5) is 17.2 Å². The summed E-state index contributed by atoms with van der Waals surface area (Å²) in [6.45, 7) is 1.78. The van der Waals surface area contributed by atoms with E-state index in [1.165, 1.54) is 4.68 Å². The zero-order valence-corrected chi connectivity index (χ0v) is 16.0. The summed E-state index contributed by atoms with van der Waals surface area (Å²) < 4.78 is 2.08. The topological polar surface area (TPSA) is 115 Å². The molecule has 4 N–H and O–H groups in total. The van der Waals surface area contributed by atoms with E-state index in [1.54, 1.807) is 30.3 Å². The van der Waals surface area contributed by atoms with Crippen molar-refractivity contribution in [3.63, 3.8) is 0 Å². The van der Waals surface area contributed by atoms with Crippen LogP contribution in [0.2, 0.25) is 0 Å². The summed E-state index contributed by atoms with van der Waals surface area (Å²) in [4.78, 5) is 24.5. The Morgan fingerprint density at radius 2 is 1.85 bits per heavy atom. The summed E-state index contributed by atoms with van der Waals surface area (Å²) >= 11 is 3.33. The molecule has 0 atom stereocenters. The number of halogens is 1. The molecule has 0 spiro atoms. The van der Waals surface area contributed by atoms with Crippen LogP contribution in [0.1, 0.15) is 16.1 Å². The second kappa shape index (κ2) is 8.00. The predicted molar refractivity (Wildman–Crippen MR) is 106 cm³/mol. The number of hydrogen-bond acceptors (Lipinski definition) is 5. The van der Waals surface area contributed by atoms with E-state index in [-0.39, 0.29) is 24.0 Å². The molecule has 1 aromatic heterocycles. The molecule has 0 saturated heterocycles. The summed E-state index contributed by atoms with van der Waals surface area (Å²) in [6, 6.07) is 14.5. The lowest BCUT2D eigenvalue weighted by Gasteiger charge is -2.07. The lowest BCUT2D eigenvalue weighted by Crippen LogP contribution is -2.21. The summed E-state index contributed by atoms with van der Waals surface area (Å²) in [5, 5.41) is 13.0. The van der Waals surface area contributed by atoms with E-state index in [4.69, 9.17) is 5.73 Å². The SMILES string of the molecule is Cc1cccc(NC(=O)Cn2nnc(C(=O)Nc3ccc(Br)cc3)c2N)c1. The zero-order chi connectivity index (χ0) is 19.4. The van der Waals surface area contributed by atoms with Crippen LogP contribution in [-0.2, 0) is 11.3 Å². The monoisotopic (exact) mass is 428 g/mol. The van der Waals surface area contributed by atoms with Crippen molar-refractivity contribution in [2.75, 3.05) is 16.4 Å². The Labute approximate surface area is 163 Å². The molecule has 138 valence electrons. The maximum absolute atomic E-state index is 12.3. The third kappa shape index (κ3) is 4.70. The third-order valence-electron chi connectivity index (χ3n) is 3.69. The number of carbonyl (C=O) groups is 2. The van der Waals surface area contributed by atoms with Crippen molar-refractivity contribution in [2.24, 2.45) is 0 Å². The standard InChI is InChI=1S/C18H17BrN6O2/c1-11-3-2-4-14(9-11)21-15(26)10-25-17(20)16(23-24-25)18(27)22-13-7-5-12(19)6-8-13/h2-9H,10,20H2,1H3,(H,21,26)(H,22,27). The van der Waals surface area contributed by atoms with Crippen LogP contribution >= 0.6 is 15.9 Å². The van der Waals surface area contributed by atoms with Crippen molar-refractivity contribution in [1.82, 2.24) is 15.0 Å². The Bertz CT molecular complexity index is 984. The number of carbonyl (C=O) groups excluding carboxylic acids is 2. The van der Waals surface area contributed by atoms with Gasteiger partial charge in [-0.2, -0.15) is 0 Å². The van der Waals surface area contributed by atoms with Gasteiger partial charge in [0.05, 0.1) is 0 Å². The summed E-state index contributed by atoms with van der Waals surface area (Å²) in [6.07, 6.45) is 0. The minimum absolute atomic E-state index is 0.0176. The second-order valence-corrected chi connectivity index (χ2v) is 6.78. The smallest absolute Gasteiger partial charge is 0.280 e. The number of nitrogen functional groups attached to an aromatic ring is 1. The molecule has 3 aromatic rings. The number of hydrogen-bond donors (Lipinski definition) is 3. The Morgan fingerprint density at radius 3 is 2.56 bits per heavy atom. The highest BCUT2D eigenvalue weighted by Gasteiger charge is 2.19. The largest absolute Gasteiger partial charge is 0.382 e. The maximum Gasteiger partial charge on any atom is 0.280 e. The van der Waals surface area contributed by atoms with Crippen LogP contribution < -0.4 is 16.4 Å². The molecule has 0 unspecified atom stereocenters. The first-order valence-electron chi connectivity index (χ1n) is 8.05. The molecule has 0 radical (unpaired) electrons. The Hall–Kier alpha value is -3.20. The number of anilines is 3. The van der Waals surface area contributed by atoms with E-state index in [1.807, 2.05) is 25.1 Å². The lowest BCUT2D eigenvalue weighted by molar-refractivity contribution is -0.116. The maximum atomic E-state index is 12.3. The van der Waals surface area contributed by atoms with E-state index < -0.39 is 5.91 Å². The molecule has 0 aliphatic heterocycles. The first-order chi connectivity index (χ1) is 12.9. The molecule has 8 nitrogen and oxygen atoms in total. The van der Waals surface area contributed by atoms with E-state index in [9.17, 15) is 9.59 Å². The minimum Gasteiger partial charge on any atom is -0.382 e. The fraction of sp³-hybridized carbons (Fsp3) is 0.111. The molecular formula is C18H17BrN6O2. The average Bonchev–Trinajstić information content (AvgIpc) is 2.97. The Kier molecular flexibility index (Phi) is 5.51. The van der Waals surface area contributed by atoms with Gasteiger partial charge in [-0.05, 0) is 48.9 Å². The summed E-state index contributed by atoms with van der Waals surface area (Å²) in [7, 11) is 0. The fourth-order valence-electron chi connectivity index (χ4n) is 2.38. The van der Waals surface area contributed by atoms with Gasteiger partial charge in [0.1, 0.15) is 6.54 Å². The van der Waals surface area contributed by atoms with Gasteiger partial charge in [0.15, 0.2) is 11.5 Å². The Balaban J connectivity index is 1.66. The minimum atomic E-state index is -0.500. The number of nitrogens with two attached hydrogens (primary N) is 1. The molecule has 0 aliphatic carbocycles. The van der Waals surface area contributed by atoms with Crippen molar-refractivity contribution in [3.05, 3.63) is 64.3 Å². The van der Waals surface area contributed by atoms with Gasteiger partial charge in [-0.25, -0.2) is 4.68 Å². The van der Waals surface area contributed by atoms with Crippen LogP contribution in [0.3, 0.4) is 0 Å². The van der Waals surface area contributed by atoms with Crippen LogP contribution in [0, 0.1) is 6.92 Å². The summed E-state index contributed by atoms with van der Waals surface area (Å²) in [5.74, 6) is -0.804. The highest BCUT2D eigenvalue weighted by Crippen LogP contribution is 2.16.